The molecule has 0 aromatic heterocycles. The van der Waals surface area contributed by atoms with E-state index in [1.807, 2.05) is 6.92 Å². The van der Waals surface area contributed by atoms with Gasteiger partial charge in [-0.25, -0.2) is 4.39 Å². The average molecular weight is 345 g/mol. The highest BCUT2D eigenvalue weighted by Gasteiger charge is 2.42. The van der Waals surface area contributed by atoms with Gasteiger partial charge in [0.25, 0.3) is 0 Å². The number of anilines is 1. The molecular formula is C20H28FN3O. The minimum absolute atomic E-state index is 0.00599. The number of aryl methyl sites for hydroxylation is 1. The molecule has 3 N–H and O–H groups in total. The van der Waals surface area contributed by atoms with E-state index in [0.29, 0.717) is 29.9 Å². The van der Waals surface area contributed by atoms with Crippen molar-refractivity contribution in [2.24, 2.45) is 11.8 Å². The van der Waals surface area contributed by atoms with Gasteiger partial charge in [-0.3, -0.25) is 4.79 Å². The molecule has 2 aliphatic heterocycles. The molecule has 1 saturated carbocycles. The molecule has 4 nitrogen and oxygen atoms in total. The second-order valence-electron chi connectivity index (χ2n) is 8.09. The summed E-state index contributed by atoms with van der Waals surface area (Å²) in [5, 5.41) is 10.2. The summed E-state index contributed by atoms with van der Waals surface area (Å²) in [6, 6.07) is 3.44. The van der Waals surface area contributed by atoms with E-state index in [1.165, 1.54) is 31.7 Å². The van der Waals surface area contributed by atoms with E-state index >= 15 is 0 Å². The summed E-state index contributed by atoms with van der Waals surface area (Å²) in [7, 11) is 0. The number of benzene rings is 1. The first-order chi connectivity index (χ1) is 12.0. The molecule has 2 heterocycles. The Bertz CT molecular complexity index is 642. The first-order valence-corrected chi connectivity index (χ1v) is 9.63. The maximum atomic E-state index is 14.1. The quantitative estimate of drug-likeness (QED) is 0.786. The van der Waals surface area contributed by atoms with Gasteiger partial charge in [-0.2, -0.15) is 0 Å². The number of carbonyl (C=O) groups excluding carboxylic acids is 1. The van der Waals surface area contributed by atoms with Crippen LogP contribution < -0.4 is 16.0 Å². The minimum atomic E-state index is -0.370. The van der Waals surface area contributed by atoms with Crippen LogP contribution in [0.5, 0.6) is 0 Å². The highest BCUT2D eigenvalue weighted by Crippen LogP contribution is 2.37. The van der Waals surface area contributed by atoms with Gasteiger partial charge in [0.05, 0.1) is 0 Å². The molecule has 4 unspecified atom stereocenters. The zero-order valence-electron chi connectivity index (χ0n) is 15.1. The summed E-state index contributed by atoms with van der Waals surface area (Å²) < 4.78 is 14.1. The first kappa shape index (κ1) is 16.8. The molecule has 0 bridgehead atoms. The van der Waals surface area contributed by atoms with Crippen LogP contribution in [0.2, 0.25) is 0 Å². The number of hydrogen-bond donors (Lipinski definition) is 3. The van der Waals surface area contributed by atoms with Crippen LogP contribution in [-0.2, 0) is 11.2 Å². The summed E-state index contributed by atoms with van der Waals surface area (Å²) in [4.78, 5) is 12.9. The molecule has 1 saturated heterocycles. The van der Waals surface area contributed by atoms with Crippen molar-refractivity contribution in [3.8, 4) is 0 Å². The zero-order valence-corrected chi connectivity index (χ0v) is 15.1. The van der Waals surface area contributed by atoms with Crippen molar-refractivity contribution < 1.29 is 9.18 Å². The molecule has 2 fully saturated rings. The number of halogens is 1. The lowest BCUT2D eigenvalue weighted by Gasteiger charge is -2.37. The van der Waals surface area contributed by atoms with Crippen LogP contribution in [0.15, 0.2) is 12.1 Å². The molecular weight excluding hydrogens is 317 g/mol. The number of nitrogens with one attached hydrogen (secondary N) is 3. The number of amides is 1. The van der Waals surface area contributed by atoms with Gasteiger partial charge in [-0.1, -0.05) is 13.0 Å². The Kier molecular flexibility index (Phi) is 4.44. The van der Waals surface area contributed by atoms with Gasteiger partial charge in [-0.15, -0.1) is 0 Å². The van der Waals surface area contributed by atoms with Crippen molar-refractivity contribution >= 4 is 11.6 Å². The third kappa shape index (κ3) is 3.26. The fourth-order valence-corrected chi connectivity index (χ4v) is 4.50. The predicted molar refractivity (Wildman–Crippen MR) is 97.1 cm³/mol. The molecule has 3 aliphatic rings. The number of rotatable bonds is 4. The van der Waals surface area contributed by atoms with Crippen LogP contribution in [0.25, 0.3) is 0 Å². The van der Waals surface area contributed by atoms with Crippen molar-refractivity contribution in [1.82, 2.24) is 10.6 Å². The van der Waals surface area contributed by atoms with E-state index in [-0.39, 0.29) is 23.8 Å². The Balaban J connectivity index is 1.46. The number of fused-ring (bicyclic) bond motifs is 1. The molecule has 4 atom stereocenters. The molecule has 25 heavy (non-hydrogen) atoms. The average Bonchev–Trinajstić information content (AvgIpc) is 3.33. The molecule has 1 aromatic carbocycles. The van der Waals surface area contributed by atoms with E-state index in [9.17, 15) is 9.18 Å². The summed E-state index contributed by atoms with van der Waals surface area (Å²) in [6.45, 7) is 5.26. The molecule has 0 radical (unpaired) electrons. The zero-order chi connectivity index (χ0) is 17.6. The monoisotopic (exact) mass is 345 g/mol. The largest absolute Gasteiger partial charge is 0.373 e. The summed E-state index contributed by atoms with van der Waals surface area (Å²) in [5.74, 6) is 0.952. The summed E-state index contributed by atoms with van der Waals surface area (Å²) in [6.07, 6.45) is 5.25. The van der Waals surface area contributed by atoms with Gasteiger partial charge < -0.3 is 16.0 Å². The Morgan fingerprint density at radius 3 is 2.80 bits per heavy atom. The molecule has 1 amide bonds. The number of piperidine rings is 1. The maximum Gasteiger partial charge on any atom is 0.243 e. The van der Waals surface area contributed by atoms with E-state index in [4.69, 9.17) is 0 Å². The Morgan fingerprint density at radius 1 is 1.32 bits per heavy atom. The van der Waals surface area contributed by atoms with Crippen LogP contribution in [0.4, 0.5) is 10.1 Å². The fraction of sp³-hybridized carbons (Fsp3) is 0.650. The predicted octanol–water partition coefficient (Wildman–Crippen LogP) is 2.75. The van der Waals surface area contributed by atoms with Gasteiger partial charge in [-0.05, 0) is 62.6 Å². The Morgan fingerprint density at radius 2 is 2.12 bits per heavy atom. The molecule has 136 valence electrons. The fourth-order valence-electron chi connectivity index (χ4n) is 4.50. The van der Waals surface area contributed by atoms with Gasteiger partial charge in [0.2, 0.25) is 5.91 Å². The van der Waals surface area contributed by atoms with E-state index < -0.39 is 0 Å². The van der Waals surface area contributed by atoms with Crippen molar-refractivity contribution in [2.45, 2.75) is 64.1 Å². The standard InChI is InChI=1S/C20H28FN3O/c1-11-4-3-9-22-18(11)19(13-6-7-13)24-20(25)16-10-14-15(21)8-5-12(2)17(14)23-16/h5,8,11,13,16,18-19,22-23H,3-4,6-7,9-10H2,1-2H3,(H,24,25). The van der Waals surface area contributed by atoms with Crippen LogP contribution in [0, 0.1) is 24.6 Å². The second-order valence-corrected chi connectivity index (χ2v) is 8.09. The Hall–Kier alpha value is -1.62. The number of carbonyl (C=O) groups is 1. The smallest absolute Gasteiger partial charge is 0.243 e. The van der Waals surface area contributed by atoms with Crippen molar-refractivity contribution in [1.29, 1.82) is 0 Å². The number of hydrogen-bond acceptors (Lipinski definition) is 3. The summed E-state index contributed by atoms with van der Waals surface area (Å²) in [5.41, 5.74) is 2.44. The Labute approximate surface area is 148 Å². The van der Waals surface area contributed by atoms with Crippen LogP contribution >= 0.6 is 0 Å². The topological polar surface area (TPSA) is 53.2 Å². The second kappa shape index (κ2) is 6.60. The highest BCUT2D eigenvalue weighted by molar-refractivity contribution is 5.88. The lowest BCUT2D eigenvalue weighted by atomic mass is 9.85. The SMILES string of the molecule is Cc1ccc(F)c2c1NC(C(=O)NC(C1CC1)C1NCCCC1C)C2. The first-order valence-electron chi connectivity index (χ1n) is 9.63. The van der Waals surface area contributed by atoms with Crippen LogP contribution in [0.1, 0.15) is 43.7 Å². The molecule has 5 heteroatoms. The third-order valence-corrected chi connectivity index (χ3v) is 6.16. The highest BCUT2D eigenvalue weighted by atomic mass is 19.1. The van der Waals surface area contributed by atoms with Crippen LogP contribution in [0.3, 0.4) is 0 Å². The van der Waals surface area contributed by atoms with Gasteiger partial charge in [0, 0.05) is 29.8 Å². The molecule has 4 rings (SSSR count). The summed E-state index contributed by atoms with van der Waals surface area (Å²) >= 11 is 0. The lowest BCUT2D eigenvalue weighted by molar-refractivity contribution is -0.123. The van der Waals surface area contributed by atoms with Crippen molar-refractivity contribution in [3.63, 3.8) is 0 Å². The normalized spacial score (nSPS) is 29.6. The van der Waals surface area contributed by atoms with E-state index in [1.54, 1.807) is 6.07 Å². The van der Waals surface area contributed by atoms with E-state index in [0.717, 1.165) is 17.8 Å². The molecule has 0 spiro atoms. The van der Waals surface area contributed by atoms with Crippen LogP contribution in [-0.4, -0.2) is 30.6 Å². The third-order valence-electron chi connectivity index (χ3n) is 6.16. The van der Waals surface area contributed by atoms with Gasteiger partial charge >= 0.3 is 0 Å². The van der Waals surface area contributed by atoms with Gasteiger partial charge in [0.1, 0.15) is 11.9 Å². The van der Waals surface area contributed by atoms with E-state index in [2.05, 4.69) is 22.9 Å². The molecule has 1 aliphatic carbocycles. The van der Waals surface area contributed by atoms with Gasteiger partial charge in [0.15, 0.2) is 0 Å². The van der Waals surface area contributed by atoms with Crippen molar-refractivity contribution in [3.05, 3.63) is 29.1 Å². The minimum Gasteiger partial charge on any atom is -0.373 e. The lowest BCUT2D eigenvalue weighted by Crippen LogP contribution is -2.58. The maximum absolute atomic E-state index is 14.1. The van der Waals surface area contributed by atoms with Crippen molar-refractivity contribution in [2.75, 3.05) is 11.9 Å². The molecule has 1 aromatic rings.